The van der Waals surface area contributed by atoms with Crippen molar-refractivity contribution in [2.75, 3.05) is 33.7 Å². The highest BCUT2D eigenvalue weighted by Crippen LogP contribution is 2.24. The maximum atomic E-state index is 12.6. The Morgan fingerprint density at radius 2 is 2.29 bits per heavy atom. The lowest BCUT2D eigenvalue weighted by molar-refractivity contribution is 0.238. The van der Waals surface area contributed by atoms with Crippen molar-refractivity contribution in [3.63, 3.8) is 0 Å². The summed E-state index contributed by atoms with van der Waals surface area (Å²) in [5.41, 5.74) is 0. The summed E-state index contributed by atoms with van der Waals surface area (Å²) in [4.78, 5) is 3.83. The first-order chi connectivity index (χ1) is 9.98. The Morgan fingerprint density at radius 1 is 1.52 bits per heavy atom. The quantitative estimate of drug-likeness (QED) is 0.824. The highest BCUT2D eigenvalue weighted by molar-refractivity contribution is 7.89. The number of likely N-dealkylation sites (tertiary alicyclic amines) is 1. The first kappa shape index (κ1) is 16.9. The Kier molecular flexibility index (Phi) is 5.79. The average Bonchev–Trinajstić information content (AvgIpc) is 3.08. The molecule has 1 atom stereocenters. The first-order valence-corrected chi connectivity index (χ1v) is 9.73. The fourth-order valence-corrected chi connectivity index (χ4v) is 5.34. The van der Waals surface area contributed by atoms with Crippen LogP contribution in [0.25, 0.3) is 0 Å². The van der Waals surface area contributed by atoms with Gasteiger partial charge in [0.1, 0.15) is 0 Å². The number of rotatable bonds is 7. The van der Waals surface area contributed by atoms with Crippen LogP contribution in [0.15, 0.2) is 16.3 Å². The number of sulfonamides is 1. The topological polar surface area (TPSA) is 52.7 Å². The molecule has 2 rings (SSSR count). The van der Waals surface area contributed by atoms with Crippen molar-refractivity contribution in [1.82, 2.24) is 14.5 Å². The molecule has 1 fully saturated rings. The van der Waals surface area contributed by atoms with E-state index in [4.69, 9.17) is 0 Å². The van der Waals surface area contributed by atoms with E-state index in [9.17, 15) is 8.42 Å². The van der Waals surface area contributed by atoms with E-state index in [1.54, 1.807) is 18.5 Å². The summed E-state index contributed by atoms with van der Waals surface area (Å²) in [6.07, 6.45) is 2.25. The van der Waals surface area contributed by atoms with Gasteiger partial charge in [-0.1, -0.05) is 6.92 Å². The second kappa shape index (κ2) is 7.19. The highest BCUT2D eigenvalue weighted by Gasteiger charge is 2.29. The molecule has 120 valence electrons. The van der Waals surface area contributed by atoms with Gasteiger partial charge in [0.2, 0.25) is 10.0 Å². The van der Waals surface area contributed by atoms with Gasteiger partial charge in [0, 0.05) is 36.4 Å². The molecule has 7 heteroatoms. The van der Waals surface area contributed by atoms with Crippen LogP contribution in [-0.2, 0) is 16.6 Å². The zero-order valence-electron chi connectivity index (χ0n) is 13.0. The lowest BCUT2D eigenvalue weighted by Crippen LogP contribution is -2.41. The van der Waals surface area contributed by atoms with Crippen molar-refractivity contribution in [2.45, 2.75) is 37.2 Å². The van der Waals surface area contributed by atoms with E-state index < -0.39 is 10.0 Å². The zero-order chi connectivity index (χ0) is 15.5. The highest BCUT2D eigenvalue weighted by atomic mass is 32.2. The number of likely N-dealkylation sites (N-methyl/N-ethyl adjacent to an activating group) is 2. The fourth-order valence-electron chi connectivity index (χ4n) is 2.86. The largest absolute Gasteiger partial charge is 0.315 e. The average molecular weight is 332 g/mol. The van der Waals surface area contributed by atoms with Crippen molar-refractivity contribution in [3.8, 4) is 0 Å². The predicted molar refractivity (Wildman–Crippen MR) is 87.2 cm³/mol. The minimum Gasteiger partial charge on any atom is -0.315 e. The summed E-state index contributed by atoms with van der Waals surface area (Å²) in [5, 5.41) is 4.79. The Labute approximate surface area is 132 Å². The van der Waals surface area contributed by atoms with E-state index in [-0.39, 0.29) is 0 Å². The molecule has 1 aromatic rings. The Bertz CT molecular complexity index is 556. The predicted octanol–water partition coefficient (Wildman–Crippen LogP) is 1.57. The fraction of sp³-hybridized carbons (Fsp3) is 0.714. The van der Waals surface area contributed by atoms with E-state index in [2.05, 4.69) is 17.1 Å². The maximum absolute atomic E-state index is 12.6. The summed E-state index contributed by atoms with van der Waals surface area (Å²) in [6.45, 7) is 5.49. The maximum Gasteiger partial charge on any atom is 0.243 e. The lowest BCUT2D eigenvalue weighted by atomic mass is 10.2. The van der Waals surface area contributed by atoms with Gasteiger partial charge in [0.25, 0.3) is 0 Å². The van der Waals surface area contributed by atoms with E-state index in [0.29, 0.717) is 24.0 Å². The molecule has 0 bridgehead atoms. The van der Waals surface area contributed by atoms with E-state index >= 15 is 0 Å². The van der Waals surface area contributed by atoms with Crippen molar-refractivity contribution in [2.24, 2.45) is 0 Å². The van der Waals surface area contributed by atoms with Crippen LogP contribution in [0.1, 0.15) is 24.6 Å². The molecule has 21 heavy (non-hydrogen) atoms. The van der Waals surface area contributed by atoms with Crippen molar-refractivity contribution < 1.29 is 8.42 Å². The SMILES string of the molecule is CCN1CCCC1CN(C)S(=O)(=O)c1csc(CNC)c1. The molecule has 0 spiro atoms. The Hall–Kier alpha value is -0.470. The summed E-state index contributed by atoms with van der Waals surface area (Å²) in [7, 11) is 0.186. The number of nitrogens with zero attached hydrogens (tertiary/aromatic N) is 2. The van der Waals surface area contributed by atoms with E-state index in [1.165, 1.54) is 15.6 Å². The molecule has 1 N–H and O–H groups in total. The second-order valence-electron chi connectivity index (χ2n) is 5.49. The molecule has 2 heterocycles. The van der Waals surface area contributed by atoms with Gasteiger partial charge in [-0.05, 0) is 39.0 Å². The minimum atomic E-state index is -3.37. The molecule has 1 saturated heterocycles. The van der Waals surface area contributed by atoms with Crippen LogP contribution in [-0.4, -0.2) is 57.4 Å². The monoisotopic (exact) mass is 331 g/mol. The summed E-state index contributed by atoms with van der Waals surface area (Å²) in [5.74, 6) is 0. The smallest absolute Gasteiger partial charge is 0.243 e. The second-order valence-corrected chi connectivity index (χ2v) is 8.53. The number of hydrogen-bond donors (Lipinski definition) is 1. The van der Waals surface area contributed by atoms with Gasteiger partial charge in [0.15, 0.2) is 0 Å². The van der Waals surface area contributed by atoms with Gasteiger partial charge in [0.05, 0.1) is 4.90 Å². The van der Waals surface area contributed by atoms with Crippen molar-refractivity contribution in [1.29, 1.82) is 0 Å². The van der Waals surface area contributed by atoms with Crippen LogP contribution in [0.5, 0.6) is 0 Å². The third kappa shape index (κ3) is 3.84. The molecule has 5 nitrogen and oxygen atoms in total. The number of nitrogens with one attached hydrogen (secondary N) is 1. The van der Waals surface area contributed by atoms with E-state index in [0.717, 1.165) is 30.8 Å². The molecule has 0 aromatic carbocycles. The first-order valence-electron chi connectivity index (χ1n) is 7.41. The van der Waals surface area contributed by atoms with Crippen LogP contribution in [0, 0.1) is 0 Å². The van der Waals surface area contributed by atoms with Gasteiger partial charge in [-0.15, -0.1) is 11.3 Å². The molecule has 0 radical (unpaired) electrons. The molecule has 0 amide bonds. The van der Waals surface area contributed by atoms with Crippen LogP contribution in [0.2, 0.25) is 0 Å². The van der Waals surface area contributed by atoms with E-state index in [1.807, 2.05) is 7.05 Å². The lowest BCUT2D eigenvalue weighted by Gasteiger charge is -2.27. The molecule has 1 aliphatic heterocycles. The van der Waals surface area contributed by atoms with Crippen molar-refractivity contribution >= 4 is 21.4 Å². The molecular weight excluding hydrogens is 306 g/mol. The minimum absolute atomic E-state index is 0.352. The van der Waals surface area contributed by atoms with Crippen LogP contribution < -0.4 is 5.32 Å². The van der Waals surface area contributed by atoms with Gasteiger partial charge in [-0.3, -0.25) is 4.90 Å². The van der Waals surface area contributed by atoms with Crippen molar-refractivity contribution in [3.05, 3.63) is 16.3 Å². The Balaban J connectivity index is 2.07. The van der Waals surface area contributed by atoms with Gasteiger partial charge < -0.3 is 5.32 Å². The molecular formula is C14H25N3O2S2. The zero-order valence-corrected chi connectivity index (χ0v) is 14.6. The molecule has 0 aliphatic carbocycles. The molecule has 1 unspecified atom stereocenters. The number of thiophene rings is 1. The standard InChI is InChI=1S/C14H25N3O2S2/c1-4-17-7-5-6-12(17)10-16(3)21(18,19)14-8-13(9-15-2)20-11-14/h8,11-12,15H,4-7,9-10H2,1-3H3. The molecule has 1 aromatic heterocycles. The van der Waals surface area contributed by atoms with Gasteiger partial charge in [-0.2, -0.15) is 4.31 Å². The summed E-state index contributed by atoms with van der Waals surface area (Å²) < 4.78 is 26.8. The third-order valence-electron chi connectivity index (χ3n) is 4.06. The van der Waals surface area contributed by atoms with Gasteiger partial charge >= 0.3 is 0 Å². The normalized spacial score (nSPS) is 20.5. The molecule has 1 aliphatic rings. The third-order valence-corrected chi connectivity index (χ3v) is 6.95. The number of hydrogen-bond acceptors (Lipinski definition) is 5. The van der Waals surface area contributed by atoms with Crippen LogP contribution in [0.3, 0.4) is 0 Å². The summed E-state index contributed by atoms with van der Waals surface area (Å²) >= 11 is 1.49. The summed E-state index contributed by atoms with van der Waals surface area (Å²) in [6, 6.07) is 2.13. The Morgan fingerprint density at radius 3 is 2.95 bits per heavy atom. The van der Waals surface area contributed by atoms with Crippen LogP contribution >= 0.6 is 11.3 Å². The molecule has 0 saturated carbocycles. The van der Waals surface area contributed by atoms with Gasteiger partial charge in [-0.25, -0.2) is 8.42 Å². The van der Waals surface area contributed by atoms with Crippen LogP contribution in [0.4, 0.5) is 0 Å².